The number of aromatic carboxylic acids is 1. The van der Waals surface area contributed by atoms with Crippen LogP contribution in [0.2, 0.25) is 0 Å². The third-order valence-electron chi connectivity index (χ3n) is 3.46. The van der Waals surface area contributed by atoms with E-state index in [1.54, 1.807) is 19.9 Å². The van der Waals surface area contributed by atoms with E-state index in [-0.39, 0.29) is 11.3 Å². The van der Waals surface area contributed by atoms with E-state index in [0.717, 1.165) is 0 Å². The molecule has 7 heteroatoms. The van der Waals surface area contributed by atoms with E-state index >= 15 is 0 Å². The fraction of sp³-hybridized carbons (Fsp3) is 0.385. The number of aryl methyl sites for hydroxylation is 2. The molecule has 20 heavy (non-hydrogen) atoms. The number of carbonyl (C=O) groups is 2. The summed E-state index contributed by atoms with van der Waals surface area (Å²) in [7, 11) is -3.87. The van der Waals surface area contributed by atoms with Crippen LogP contribution in [0, 0.1) is 13.8 Å². The molecule has 0 spiro atoms. The van der Waals surface area contributed by atoms with Gasteiger partial charge in [-0.05, 0) is 44.9 Å². The number of hydrogen-bond donors (Lipinski definition) is 1. The first-order chi connectivity index (χ1) is 9.01. The van der Waals surface area contributed by atoms with Crippen LogP contribution in [0.1, 0.15) is 35.3 Å². The van der Waals surface area contributed by atoms with Crippen molar-refractivity contribution in [2.45, 2.75) is 32.4 Å². The van der Waals surface area contributed by atoms with Crippen LogP contribution in [-0.4, -0.2) is 30.1 Å². The first kappa shape index (κ1) is 14.5. The average molecular weight is 297 g/mol. The second-order valence-corrected chi connectivity index (χ2v) is 7.70. The van der Waals surface area contributed by atoms with Gasteiger partial charge in [-0.3, -0.25) is 4.79 Å². The molecule has 1 heterocycles. The van der Waals surface area contributed by atoms with Crippen LogP contribution < -0.4 is 4.31 Å². The highest BCUT2D eigenvalue weighted by Crippen LogP contribution is 2.42. The number of benzene rings is 1. The molecule has 2 rings (SSSR count). The molecule has 1 amide bonds. The van der Waals surface area contributed by atoms with Crippen LogP contribution in [0.3, 0.4) is 0 Å². The molecule has 1 aromatic carbocycles. The minimum atomic E-state index is -3.87. The molecule has 0 bridgehead atoms. The summed E-state index contributed by atoms with van der Waals surface area (Å²) in [4.78, 5) is 23.4. The molecular weight excluding hydrogens is 282 g/mol. The molecule has 0 unspecified atom stereocenters. The maximum absolute atomic E-state index is 12.2. The summed E-state index contributed by atoms with van der Waals surface area (Å²) in [6.07, 6.45) is 0. The Hall–Kier alpha value is -1.89. The summed E-state index contributed by atoms with van der Waals surface area (Å²) < 4.78 is 23.5. The average Bonchev–Trinajstić information content (AvgIpc) is 2.30. The van der Waals surface area contributed by atoms with Gasteiger partial charge in [0.05, 0.1) is 11.3 Å². The summed E-state index contributed by atoms with van der Waals surface area (Å²) in [5, 5.41) is 9.24. The number of carboxylic acids is 1. The number of rotatable bonds is 2. The van der Waals surface area contributed by atoms with Gasteiger partial charge >= 0.3 is 5.97 Å². The van der Waals surface area contributed by atoms with Crippen LogP contribution in [0.5, 0.6) is 0 Å². The normalized spacial score (nSPS) is 19.6. The SMILES string of the molecule is Cc1cc(C)c(N2C(=O)C(C)(C)S2(=O)=O)c(C(=O)O)c1. The zero-order chi connectivity index (χ0) is 15.5. The summed E-state index contributed by atoms with van der Waals surface area (Å²) in [6, 6.07) is 3.01. The van der Waals surface area contributed by atoms with E-state index in [1.165, 1.54) is 19.9 Å². The van der Waals surface area contributed by atoms with E-state index in [0.29, 0.717) is 15.4 Å². The van der Waals surface area contributed by atoms with Gasteiger partial charge in [-0.2, -0.15) is 0 Å². The van der Waals surface area contributed by atoms with E-state index in [4.69, 9.17) is 0 Å². The van der Waals surface area contributed by atoms with Gasteiger partial charge in [-0.15, -0.1) is 0 Å². The van der Waals surface area contributed by atoms with Gasteiger partial charge in [0.1, 0.15) is 0 Å². The van der Waals surface area contributed by atoms with Gasteiger partial charge in [0.25, 0.3) is 15.9 Å². The molecule has 1 aromatic rings. The lowest BCUT2D eigenvalue weighted by Crippen LogP contribution is -2.68. The molecular formula is C13H15NO5S. The molecule has 0 saturated carbocycles. The number of carbonyl (C=O) groups excluding carboxylic acids is 1. The van der Waals surface area contributed by atoms with Crippen molar-refractivity contribution in [2.24, 2.45) is 0 Å². The summed E-state index contributed by atoms with van der Waals surface area (Å²) >= 11 is 0. The zero-order valence-corrected chi connectivity index (χ0v) is 12.4. The molecule has 1 N–H and O–H groups in total. The fourth-order valence-electron chi connectivity index (χ4n) is 2.27. The third-order valence-corrected chi connectivity index (χ3v) is 5.76. The van der Waals surface area contributed by atoms with Gasteiger partial charge in [-0.1, -0.05) is 6.07 Å². The molecule has 0 atom stereocenters. The van der Waals surface area contributed by atoms with Gasteiger partial charge in [0, 0.05) is 0 Å². The van der Waals surface area contributed by atoms with Crippen molar-refractivity contribution in [3.05, 3.63) is 28.8 Å². The zero-order valence-electron chi connectivity index (χ0n) is 11.6. The molecule has 108 valence electrons. The molecule has 0 radical (unpaired) electrons. The van der Waals surface area contributed by atoms with Crippen molar-refractivity contribution in [1.82, 2.24) is 0 Å². The largest absolute Gasteiger partial charge is 0.478 e. The Kier molecular flexibility index (Phi) is 2.94. The minimum absolute atomic E-state index is 0.0626. The lowest BCUT2D eigenvalue weighted by Gasteiger charge is -2.43. The molecule has 0 aliphatic carbocycles. The summed E-state index contributed by atoms with van der Waals surface area (Å²) in [5.41, 5.74) is 0.880. The van der Waals surface area contributed by atoms with E-state index in [2.05, 4.69) is 0 Å². The summed E-state index contributed by atoms with van der Waals surface area (Å²) in [6.45, 7) is 5.92. The van der Waals surface area contributed by atoms with Gasteiger partial charge in [0.2, 0.25) is 0 Å². The molecule has 6 nitrogen and oxygen atoms in total. The molecule has 1 fully saturated rings. The Bertz CT molecular complexity index is 733. The third kappa shape index (κ3) is 1.66. The van der Waals surface area contributed by atoms with Crippen molar-refractivity contribution in [1.29, 1.82) is 0 Å². The topological polar surface area (TPSA) is 91.8 Å². The number of anilines is 1. The number of nitrogens with zero attached hydrogens (tertiary/aromatic N) is 1. The quantitative estimate of drug-likeness (QED) is 0.892. The predicted molar refractivity (Wildman–Crippen MR) is 73.4 cm³/mol. The molecule has 1 aliphatic rings. The predicted octanol–water partition coefficient (Wildman–Crippen LogP) is 1.46. The van der Waals surface area contributed by atoms with Crippen LogP contribution in [0.25, 0.3) is 0 Å². The standard InChI is InChI=1S/C13H15NO5S/c1-7-5-8(2)10(9(6-7)11(15)16)14-12(17)13(3,4)20(14,18)19/h5-6H,1-4H3,(H,15,16). The first-order valence-corrected chi connectivity index (χ1v) is 7.39. The second kappa shape index (κ2) is 4.05. The monoisotopic (exact) mass is 297 g/mol. The van der Waals surface area contributed by atoms with Crippen molar-refractivity contribution in [2.75, 3.05) is 4.31 Å². The molecule has 1 aliphatic heterocycles. The van der Waals surface area contributed by atoms with Gasteiger partial charge in [-0.25, -0.2) is 17.5 Å². The Morgan fingerprint density at radius 1 is 1.25 bits per heavy atom. The van der Waals surface area contributed by atoms with Crippen LogP contribution in [-0.2, 0) is 14.8 Å². The van der Waals surface area contributed by atoms with E-state index < -0.39 is 26.6 Å². The maximum Gasteiger partial charge on any atom is 0.337 e. The lowest BCUT2D eigenvalue weighted by molar-refractivity contribution is -0.120. The smallest absolute Gasteiger partial charge is 0.337 e. The summed E-state index contributed by atoms with van der Waals surface area (Å²) in [5.74, 6) is -1.88. The van der Waals surface area contributed by atoms with Crippen LogP contribution in [0.15, 0.2) is 12.1 Å². The highest BCUT2D eigenvalue weighted by Gasteiger charge is 2.61. The highest BCUT2D eigenvalue weighted by molar-refractivity contribution is 7.98. The lowest BCUT2D eigenvalue weighted by atomic mass is 10.0. The number of hydrogen-bond acceptors (Lipinski definition) is 4. The van der Waals surface area contributed by atoms with E-state index in [1.807, 2.05) is 0 Å². The Morgan fingerprint density at radius 2 is 1.80 bits per heavy atom. The molecule has 1 saturated heterocycles. The van der Waals surface area contributed by atoms with Crippen molar-refractivity contribution in [3.63, 3.8) is 0 Å². The Labute approximate surface area is 117 Å². The van der Waals surface area contributed by atoms with Gasteiger partial charge < -0.3 is 5.11 Å². The molecule has 0 aromatic heterocycles. The maximum atomic E-state index is 12.2. The van der Waals surface area contributed by atoms with E-state index in [9.17, 15) is 23.1 Å². The highest BCUT2D eigenvalue weighted by atomic mass is 32.2. The Morgan fingerprint density at radius 3 is 2.25 bits per heavy atom. The van der Waals surface area contributed by atoms with Crippen molar-refractivity contribution in [3.8, 4) is 0 Å². The van der Waals surface area contributed by atoms with Crippen LogP contribution >= 0.6 is 0 Å². The van der Waals surface area contributed by atoms with Crippen molar-refractivity contribution >= 4 is 27.6 Å². The number of sulfonamides is 1. The Balaban J connectivity index is 2.73. The fourth-order valence-corrected chi connectivity index (χ4v) is 3.83. The second-order valence-electron chi connectivity index (χ2n) is 5.37. The minimum Gasteiger partial charge on any atom is -0.478 e. The van der Waals surface area contributed by atoms with Crippen LogP contribution in [0.4, 0.5) is 5.69 Å². The van der Waals surface area contributed by atoms with Gasteiger partial charge in [0.15, 0.2) is 4.75 Å². The number of carboxylic acid groups (broad SMARTS) is 1. The van der Waals surface area contributed by atoms with Crippen molar-refractivity contribution < 1.29 is 23.1 Å². The first-order valence-electron chi connectivity index (χ1n) is 5.95. The number of amides is 1.